The highest BCUT2D eigenvalue weighted by Crippen LogP contribution is 2.26. The van der Waals surface area contributed by atoms with E-state index >= 15 is 0 Å². The second-order valence-corrected chi connectivity index (χ2v) is 6.88. The Morgan fingerprint density at radius 1 is 1.45 bits per heavy atom. The first-order valence-electron chi connectivity index (χ1n) is 6.06. The molecule has 0 saturated heterocycles. The normalized spacial score (nSPS) is 13.7. The third-order valence-corrected chi connectivity index (χ3v) is 4.85. The van der Waals surface area contributed by atoms with E-state index in [9.17, 15) is 12.8 Å². The van der Waals surface area contributed by atoms with E-state index in [4.69, 9.17) is 22.4 Å². The molecule has 0 fully saturated rings. The molecule has 1 rings (SSSR count). The van der Waals surface area contributed by atoms with Gasteiger partial charge in [-0.15, -0.1) is 0 Å². The van der Waals surface area contributed by atoms with Gasteiger partial charge in [0.15, 0.2) is 0 Å². The van der Waals surface area contributed by atoms with Gasteiger partial charge in [-0.05, 0) is 24.5 Å². The van der Waals surface area contributed by atoms with Gasteiger partial charge in [0.2, 0.25) is 10.0 Å². The van der Waals surface area contributed by atoms with Crippen LogP contribution in [0.2, 0.25) is 5.02 Å². The lowest BCUT2D eigenvalue weighted by Crippen LogP contribution is -2.39. The zero-order valence-corrected chi connectivity index (χ0v) is 12.8. The van der Waals surface area contributed by atoms with Gasteiger partial charge in [0.25, 0.3) is 0 Å². The molecule has 0 amide bonds. The molecule has 4 N–H and O–H groups in total. The van der Waals surface area contributed by atoms with Crippen molar-refractivity contribution in [3.05, 3.63) is 23.0 Å². The predicted molar refractivity (Wildman–Crippen MR) is 76.5 cm³/mol. The SMILES string of the molecule is CC(C)C(CCO)NS(=O)(=O)c1cc(N)c(F)cc1Cl. The van der Waals surface area contributed by atoms with Crippen molar-refractivity contribution in [2.24, 2.45) is 5.92 Å². The average molecular weight is 325 g/mol. The Labute approximate surface area is 123 Å². The minimum atomic E-state index is -3.94. The summed E-state index contributed by atoms with van der Waals surface area (Å²) in [6.07, 6.45) is 0.269. The van der Waals surface area contributed by atoms with Gasteiger partial charge in [-0.25, -0.2) is 17.5 Å². The fourth-order valence-corrected chi connectivity index (χ4v) is 3.65. The van der Waals surface area contributed by atoms with Crippen LogP contribution in [0.5, 0.6) is 0 Å². The molecule has 0 bridgehead atoms. The summed E-state index contributed by atoms with van der Waals surface area (Å²) in [6.45, 7) is 3.50. The van der Waals surface area contributed by atoms with Crippen LogP contribution in [0.25, 0.3) is 0 Å². The van der Waals surface area contributed by atoms with Crippen molar-refractivity contribution in [2.45, 2.75) is 31.2 Å². The summed E-state index contributed by atoms with van der Waals surface area (Å²) in [4.78, 5) is -0.276. The van der Waals surface area contributed by atoms with E-state index in [1.165, 1.54) is 0 Å². The van der Waals surface area contributed by atoms with E-state index < -0.39 is 21.9 Å². The first-order valence-corrected chi connectivity index (χ1v) is 7.93. The lowest BCUT2D eigenvalue weighted by atomic mass is 10.0. The Hall–Kier alpha value is -0.890. The minimum Gasteiger partial charge on any atom is -0.396 e. The van der Waals surface area contributed by atoms with Crippen molar-refractivity contribution in [2.75, 3.05) is 12.3 Å². The Balaban J connectivity index is 3.13. The first kappa shape index (κ1) is 17.2. The Morgan fingerprint density at radius 3 is 2.55 bits per heavy atom. The predicted octanol–water partition coefficient (Wildman–Crippen LogP) is 1.75. The van der Waals surface area contributed by atoms with E-state index in [1.807, 2.05) is 13.8 Å². The number of nitrogens with one attached hydrogen (secondary N) is 1. The van der Waals surface area contributed by atoms with Crippen molar-refractivity contribution < 1.29 is 17.9 Å². The molecule has 8 heteroatoms. The number of hydrogen-bond donors (Lipinski definition) is 3. The van der Waals surface area contributed by atoms with Gasteiger partial charge in [0, 0.05) is 12.6 Å². The molecule has 20 heavy (non-hydrogen) atoms. The molecule has 1 aromatic rings. The molecule has 1 atom stereocenters. The standard InChI is InChI=1S/C12H18ClFN2O3S/c1-7(2)11(3-4-17)16-20(18,19)12-6-10(15)9(14)5-8(12)13/h5-7,11,16-17H,3-4,15H2,1-2H3. The third kappa shape index (κ3) is 4.05. The van der Waals surface area contributed by atoms with Crippen molar-refractivity contribution in [1.29, 1.82) is 0 Å². The van der Waals surface area contributed by atoms with E-state index in [-0.39, 0.29) is 34.6 Å². The number of sulfonamides is 1. The maximum atomic E-state index is 13.2. The van der Waals surface area contributed by atoms with E-state index in [1.54, 1.807) is 0 Å². The average Bonchev–Trinajstić information content (AvgIpc) is 2.32. The summed E-state index contributed by atoms with van der Waals surface area (Å²) < 4.78 is 40.2. The van der Waals surface area contributed by atoms with Gasteiger partial charge in [-0.1, -0.05) is 25.4 Å². The number of anilines is 1. The van der Waals surface area contributed by atoms with Crippen LogP contribution >= 0.6 is 11.6 Å². The number of rotatable bonds is 6. The molecule has 1 unspecified atom stereocenters. The molecule has 0 spiro atoms. The maximum Gasteiger partial charge on any atom is 0.242 e. The highest BCUT2D eigenvalue weighted by molar-refractivity contribution is 7.89. The summed E-state index contributed by atoms with van der Waals surface area (Å²) >= 11 is 5.76. The van der Waals surface area contributed by atoms with Crippen molar-refractivity contribution >= 4 is 27.3 Å². The molecule has 0 radical (unpaired) electrons. The minimum absolute atomic E-state index is 0.0199. The van der Waals surface area contributed by atoms with Gasteiger partial charge < -0.3 is 10.8 Å². The van der Waals surface area contributed by atoms with Crippen LogP contribution in [-0.4, -0.2) is 26.2 Å². The molecule has 0 aromatic heterocycles. The zero-order chi connectivity index (χ0) is 15.5. The van der Waals surface area contributed by atoms with Crippen LogP contribution in [-0.2, 0) is 10.0 Å². The van der Waals surface area contributed by atoms with Crippen LogP contribution in [0, 0.1) is 11.7 Å². The van der Waals surface area contributed by atoms with Crippen LogP contribution in [0.3, 0.4) is 0 Å². The van der Waals surface area contributed by atoms with Crippen molar-refractivity contribution in [3.63, 3.8) is 0 Å². The lowest BCUT2D eigenvalue weighted by molar-refractivity contribution is 0.256. The van der Waals surface area contributed by atoms with Gasteiger partial charge in [-0.2, -0.15) is 0 Å². The lowest BCUT2D eigenvalue weighted by Gasteiger charge is -2.21. The van der Waals surface area contributed by atoms with E-state index in [0.717, 1.165) is 12.1 Å². The van der Waals surface area contributed by atoms with Crippen molar-refractivity contribution in [1.82, 2.24) is 4.72 Å². The number of benzene rings is 1. The van der Waals surface area contributed by atoms with Crippen LogP contribution < -0.4 is 10.5 Å². The number of aliphatic hydroxyl groups excluding tert-OH is 1. The Bertz CT molecular complexity index is 578. The molecule has 0 aliphatic heterocycles. The van der Waals surface area contributed by atoms with Crippen LogP contribution in [0.1, 0.15) is 20.3 Å². The van der Waals surface area contributed by atoms with Gasteiger partial charge in [0.05, 0.1) is 10.7 Å². The van der Waals surface area contributed by atoms with Crippen LogP contribution in [0.4, 0.5) is 10.1 Å². The molecule has 1 aromatic carbocycles. The molecular formula is C12H18ClFN2O3S. The summed E-state index contributed by atoms with van der Waals surface area (Å²) in [5.74, 6) is -0.793. The highest BCUT2D eigenvalue weighted by atomic mass is 35.5. The maximum absolute atomic E-state index is 13.2. The Kier molecular flexibility index (Phi) is 5.76. The molecule has 114 valence electrons. The molecule has 0 aliphatic carbocycles. The largest absolute Gasteiger partial charge is 0.396 e. The second-order valence-electron chi connectivity index (χ2n) is 4.79. The van der Waals surface area contributed by atoms with Gasteiger partial charge in [-0.3, -0.25) is 0 Å². The molecule has 5 nitrogen and oxygen atoms in total. The van der Waals surface area contributed by atoms with E-state index in [0.29, 0.717) is 0 Å². The highest BCUT2D eigenvalue weighted by Gasteiger charge is 2.25. The molecular weight excluding hydrogens is 307 g/mol. The molecule has 0 heterocycles. The summed E-state index contributed by atoms with van der Waals surface area (Å²) in [5, 5.41) is 8.72. The van der Waals surface area contributed by atoms with Gasteiger partial charge >= 0.3 is 0 Å². The Morgan fingerprint density at radius 2 is 2.05 bits per heavy atom. The monoisotopic (exact) mass is 324 g/mol. The quantitative estimate of drug-likeness (QED) is 0.695. The molecule has 0 aliphatic rings. The number of hydrogen-bond acceptors (Lipinski definition) is 4. The third-order valence-electron chi connectivity index (χ3n) is 2.89. The smallest absolute Gasteiger partial charge is 0.242 e. The number of halogens is 2. The van der Waals surface area contributed by atoms with Crippen molar-refractivity contribution in [3.8, 4) is 0 Å². The number of aliphatic hydroxyl groups is 1. The topological polar surface area (TPSA) is 92.4 Å². The summed E-state index contributed by atoms with van der Waals surface area (Å²) in [7, 11) is -3.94. The molecule has 0 saturated carbocycles. The number of nitrogens with two attached hydrogens (primary N) is 1. The van der Waals surface area contributed by atoms with E-state index in [2.05, 4.69) is 4.72 Å². The summed E-state index contributed by atoms with van der Waals surface area (Å²) in [6, 6.07) is 1.39. The summed E-state index contributed by atoms with van der Waals surface area (Å²) in [5.41, 5.74) is 5.08. The first-order chi connectivity index (χ1) is 9.19. The second kappa shape index (κ2) is 6.71. The zero-order valence-electron chi connectivity index (χ0n) is 11.2. The fourth-order valence-electron chi connectivity index (χ4n) is 1.68. The fraction of sp³-hybridized carbons (Fsp3) is 0.500. The van der Waals surface area contributed by atoms with Gasteiger partial charge in [0.1, 0.15) is 10.7 Å². The number of nitrogen functional groups attached to an aromatic ring is 1. The van der Waals surface area contributed by atoms with Crippen LogP contribution in [0.15, 0.2) is 17.0 Å².